The van der Waals surface area contributed by atoms with Crippen LogP contribution in [0.5, 0.6) is 0 Å². The molecule has 1 atom stereocenters. The van der Waals surface area contributed by atoms with Gasteiger partial charge in [-0.3, -0.25) is 4.68 Å². The van der Waals surface area contributed by atoms with E-state index in [1.54, 1.807) is 4.68 Å². The summed E-state index contributed by atoms with van der Waals surface area (Å²) in [6.45, 7) is 0.926. The summed E-state index contributed by atoms with van der Waals surface area (Å²) in [6.07, 6.45) is 6.18. The highest BCUT2D eigenvalue weighted by molar-refractivity contribution is 5.30. The number of ether oxygens (including phenoxy) is 1. The molecule has 15 heavy (non-hydrogen) atoms. The molecule has 1 saturated heterocycles. The molecule has 1 aliphatic rings. The molecule has 0 spiro atoms. The Labute approximate surface area is 90.4 Å². The molecule has 2 N–H and O–H groups in total. The first-order valence-corrected chi connectivity index (χ1v) is 5.65. The van der Waals surface area contributed by atoms with Crippen molar-refractivity contribution in [1.82, 2.24) is 9.78 Å². The molecule has 0 saturated carbocycles. The summed E-state index contributed by atoms with van der Waals surface area (Å²) in [4.78, 5) is 0. The fourth-order valence-electron chi connectivity index (χ4n) is 2.01. The molecule has 0 bridgehead atoms. The van der Waals surface area contributed by atoms with E-state index in [4.69, 9.17) is 10.5 Å². The molecular formula is C11H19N3O. The Morgan fingerprint density at radius 1 is 1.60 bits per heavy atom. The lowest BCUT2D eigenvalue weighted by Gasteiger charge is -2.21. The van der Waals surface area contributed by atoms with E-state index in [2.05, 4.69) is 5.10 Å². The third-order valence-corrected chi connectivity index (χ3v) is 2.96. The van der Waals surface area contributed by atoms with Gasteiger partial charge in [-0.1, -0.05) is 0 Å². The van der Waals surface area contributed by atoms with Crippen LogP contribution >= 0.6 is 0 Å². The summed E-state index contributed by atoms with van der Waals surface area (Å²) < 4.78 is 7.39. The van der Waals surface area contributed by atoms with Crippen molar-refractivity contribution in [1.29, 1.82) is 0 Å². The van der Waals surface area contributed by atoms with Crippen molar-refractivity contribution in [2.45, 2.75) is 38.2 Å². The van der Waals surface area contributed by atoms with Crippen LogP contribution in [0, 0.1) is 0 Å². The Bertz CT molecular complexity index is 296. The summed E-state index contributed by atoms with van der Waals surface area (Å²) in [7, 11) is 1.87. The van der Waals surface area contributed by atoms with Gasteiger partial charge in [-0.2, -0.15) is 5.10 Å². The first kappa shape index (κ1) is 10.5. The third kappa shape index (κ3) is 2.72. The van der Waals surface area contributed by atoms with Crippen molar-refractivity contribution >= 4 is 5.82 Å². The lowest BCUT2D eigenvalue weighted by atomic mass is 10.0. The number of nitrogen functional groups attached to an aromatic ring is 1. The van der Waals surface area contributed by atoms with Crippen LogP contribution in [0.15, 0.2) is 6.07 Å². The Balaban J connectivity index is 1.81. The van der Waals surface area contributed by atoms with Gasteiger partial charge < -0.3 is 10.5 Å². The van der Waals surface area contributed by atoms with E-state index >= 15 is 0 Å². The average Bonchev–Trinajstić information content (AvgIpc) is 2.57. The summed E-state index contributed by atoms with van der Waals surface area (Å²) >= 11 is 0. The minimum absolute atomic E-state index is 0.432. The van der Waals surface area contributed by atoms with Gasteiger partial charge >= 0.3 is 0 Å². The van der Waals surface area contributed by atoms with Crippen LogP contribution in [0.3, 0.4) is 0 Å². The molecule has 0 radical (unpaired) electrons. The summed E-state index contributed by atoms with van der Waals surface area (Å²) in [6, 6.07) is 1.95. The number of hydrogen-bond donors (Lipinski definition) is 1. The third-order valence-electron chi connectivity index (χ3n) is 2.96. The van der Waals surface area contributed by atoms with Crippen LogP contribution < -0.4 is 5.73 Å². The monoisotopic (exact) mass is 209 g/mol. The fourth-order valence-corrected chi connectivity index (χ4v) is 2.01. The van der Waals surface area contributed by atoms with E-state index in [0.29, 0.717) is 6.10 Å². The van der Waals surface area contributed by atoms with Crippen molar-refractivity contribution in [3.05, 3.63) is 11.8 Å². The predicted molar refractivity (Wildman–Crippen MR) is 59.5 cm³/mol. The van der Waals surface area contributed by atoms with Crippen LogP contribution in [0.25, 0.3) is 0 Å². The van der Waals surface area contributed by atoms with Crippen molar-refractivity contribution in [2.75, 3.05) is 12.3 Å². The SMILES string of the molecule is Cn1nc(CCC2CCCCO2)cc1N. The van der Waals surface area contributed by atoms with Gasteiger partial charge in [0.25, 0.3) is 0 Å². The Morgan fingerprint density at radius 3 is 3.07 bits per heavy atom. The Hall–Kier alpha value is -1.03. The largest absolute Gasteiger partial charge is 0.384 e. The number of aryl methyl sites for hydroxylation is 2. The zero-order chi connectivity index (χ0) is 10.7. The van der Waals surface area contributed by atoms with E-state index < -0.39 is 0 Å². The van der Waals surface area contributed by atoms with Gasteiger partial charge in [-0.15, -0.1) is 0 Å². The average molecular weight is 209 g/mol. The lowest BCUT2D eigenvalue weighted by molar-refractivity contribution is 0.0113. The van der Waals surface area contributed by atoms with Gasteiger partial charge in [0, 0.05) is 19.7 Å². The Kier molecular flexibility index (Phi) is 3.26. The van der Waals surface area contributed by atoms with E-state index in [-0.39, 0.29) is 0 Å². The fraction of sp³-hybridized carbons (Fsp3) is 0.727. The number of nitrogens with zero attached hydrogens (tertiary/aromatic N) is 2. The minimum atomic E-state index is 0.432. The quantitative estimate of drug-likeness (QED) is 0.820. The lowest BCUT2D eigenvalue weighted by Crippen LogP contribution is -2.19. The first-order chi connectivity index (χ1) is 7.25. The standard InChI is InChI=1S/C11H19N3O/c1-14-11(12)8-9(13-14)5-6-10-4-2-3-7-15-10/h8,10H,2-7,12H2,1H3. The summed E-state index contributed by atoms with van der Waals surface area (Å²) in [5, 5.41) is 4.33. The molecule has 1 unspecified atom stereocenters. The van der Waals surface area contributed by atoms with E-state index in [1.807, 2.05) is 13.1 Å². The molecule has 1 aromatic rings. The highest BCUT2D eigenvalue weighted by atomic mass is 16.5. The van der Waals surface area contributed by atoms with Crippen LogP contribution in [-0.4, -0.2) is 22.5 Å². The molecule has 0 aliphatic carbocycles. The van der Waals surface area contributed by atoms with Gasteiger partial charge in [-0.25, -0.2) is 0 Å². The topological polar surface area (TPSA) is 53.1 Å². The van der Waals surface area contributed by atoms with Crippen molar-refractivity contribution in [3.63, 3.8) is 0 Å². The van der Waals surface area contributed by atoms with Crippen molar-refractivity contribution in [3.8, 4) is 0 Å². The van der Waals surface area contributed by atoms with Gasteiger partial charge in [-0.05, 0) is 32.1 Å². The highest BCUT2D eigenvalue weighted by Crippen LogP contribution is 2.17. The second kappa shape index (κ2) is 4.66. The molecule has 1 aliphatic heterocycles. The summed E-state index contributed by atoms with van der Waals surface area (Å²) in [5.41, 5.74) is 6.79. The molecule has 4 nitrogen and oxygen atoms in total. The van der Waals surface area contributed by atoms with Gasteiger partial charge in [0.2, 0.25) is 0 Å². The second-order valence-corrected chi connectivity index (χ2v) is 4.21. The van der Waals surface area contributed by atoms with E-state index in [9.17, 15) is 0 Å². The van der Waals surface area contributed by atoms with Crippen LogP contribution in [0.2, 0.25) is 0 Å². The van der Waals surface area contributed by atoms with Crippen molar-refractivity contribution < 1.29 is 4.74 Å². The number of nitrogens with two attached hydrogens (primary N) is 1. The number of anilines is 1. The van der Waals surface area contributed by atoms with E-state index in [0.717, 1.165) is 31.0 Å². The molecule has 2 heterocycles. The van der Waals surface area contributed by atoms with Crippen LogP contribution in [-0.2, 0) is 18.2 Å². The minimum Gasteiger partial charge on any atom is -0.384 e. The van der Waals surface area contributed by atoms with Gasteiger partial charge in [0.1, 0.15) is 5.82 Å². The maximum absolute atomic E-state index is 5.72. The molecule has 4 heteroatoms. The second-order valence-electron chi connectivity index (χ2n) is 4.21. The smallest absolute Gasteiger partial charge is 0.121 e. The maximum atomic E-state index is 5.72. The molecule has 1 aromatic heterocycles. The van der Waals surface area contributed by atoms with Gasteiger partial charge in [0.15, 0.2) is 0 Å². The zero-order valence-corrected chi connectivity index (χ0v) is 9.28. The van der Waals surface area contributed by atoms with Crippen molar-refractivity contribution in [2.24, 2.45) is 7.05 Å². The first-order valence-electron chi connectivity index (χ1n) is 5.65. The summed E-state index contributed by atoms with van der Waals surface area (Å²) in [5.74, 6) is 0.731. The van der Waals surface area contributed by atoms with E-state index in [1.165, 1.54) is 19.3 Å². The highest BCUT2D eigenvalue weighted by Gasteiger charge is 2.14. The number of aromatic nitrogens is 2. The molecular weight excluding hydrogens is 190 g/mol. The molecule has 2 rings (SSSR count). The molecule has 0 aromatic carbocycles. The predicted octanol–water partition coefficient (Wildman–Crippen LogP) is 1.50. The van der Waals surface area contributed by atoms with Crippen LogP contribution in [0.1, 0.15) is 31.4 Å². The molecule has 84 valence electrons. The normalized spacial score (nSPS) is 21.8. The molecule has 1 fully saturated rings. The van der Waals surface area contributed by atoms with Crippen LogP contribution in [0.4, 0.5) is 5.82 Å². The molecule has 0 amide bonds. The van der Waals surface area contributed by atoms with Gasteiger partial charge in [0.05, 0.1) is 11.8 Å². The Morgan fingerprint density at radius 2 is 2.47 bits per heavy atom. The number of rotatable bonds is 3. The maximum Gasteiger partial charge on any atom is 0.121 e. The zero-order valence-electron chi connectivity index (χ0n) is 9.28. The number of hydrogen-bond acceptors (Lipinski definition) is 3.